The van der Waals surface area contributed by atoms with Crippen molar-refractivity contribution in [3.63, 3.8) is 0 Å². The predicted octanol–water partition coefficient (Wildman–Crippen LogP) is 3.69. The Bertz CT molecular complexity index is 832. The maximum Gasteiger partial charge on any atom is 0.254 e. The molecule has 0 radical (unpaired) electrons. The second kappa shape index (κ2) is 9.07. The second-order valence-electron chi connectivity index (χ2n) is 7.80. The van der Waals surface area contributed by atoms with E-state index in [4.69, 9.17) is 4.74 Å². The van der Waals surface area contributed by atoms with E-state index in [1.807, 2.05) is 12.1 Å². The molecule has 1 N–H and O–H groups in total. The molecule has 0 unspecified atom stereocenters. The number of hydrogen-bond donors (Lipinski definition) is 1. The lowest BCUT2D eigenvalue weighted by Gasteiger charge is -2.40. The number of amides is 1. The average molecular weight is 400 g/mol. The summed E-state index contributed by atoms with van der Waals surface area (Å²) in [5.41, 5.74) is 2.99. The Morgan fingerprint density at radius 3 is 2.68 bits per heavy atom. The van der Waals surface area contributed by atoms with E-state index in [2.05, 4.69) is 61.1 Å². The number of aryl methyl sites for hydroxylation is 2. The lowest BCUT2D eigenvalue weighted by Crippen LogP contribution is -2.55. The number of carbonyl (C=O) groups excluding carboxylic acids is 1. The van der Waals surface area contributed by atoms with Crippen LogP contribution in [0.25, 0.3) is 0 Å². The number of morpholine rings is 1. The smallest absolute Gasteiger partial charge is 0.254 e. The molecule has 1 amide bonds. The van der Waals surface area contributed by atoms with Crippen molar-refractivity contribution >= 4 is 17.7 Å². The number of pyridine rings is 1. The molecule has 1 aliphatic rings. The summed E-state index contributed by atoms with van der Waals surface area (Å²) in [6.07, 6.45) is 1.73. The number of aromatic nitrogens is 1. The number of ether oxygens (including phenoxy) is 1. The molecule has 0 spiro atoms. The SMILES string of the molecule is Cc1ccc(Sc2ncccc2C(=O)NCC(C)(C)N2CCOCC2)cc1C. The van der Waals surface area contributed by atoms with Crippen molar-refractivity contribution in [1.29, 1.82) is 0 Å². The first-order valence-electron chi connectivity index (χ1n) is 9.68. The normalized spacial score (nSPS) is 15.4. The topological polar surface area (TPSA) is 54.5 Å². The average Bonchev–Trinajstić information content (AvgIpc) is 2.70. The van der Waals surface area contributed by atoms with Gasteiger partial charge in [0, 0.05) is 36.3 Å². The summed E-state index contributed by atoms with van der Waals surface area (Å²) in [6.45, 7) is 12.4. The van der Waals surface area contributed by atoms with Crippen molar-refractivity contribution in [2.75, 3.05) is 32.8 Å². The van der Waals surface area contributed by atoms with E-state index in [0.717, 1.165) is 36.2 Å². The van der Waals surface area contributed by atoms with Gasteiger partial charge in [0.2, 0.25) is 0 Å². The number of nitrogens with one attached hydrogen (secondary N) is 1. The van der Waals surface area contributed by atoms with Crippen molar-refractivity contribution in [3.8, 4) is 0 Å². The van der Waals surface area contributed by atoms with Gasteiger partial charge >= 0.3 is 0 Å². The zero-order chi connectivity index (χ0) is 20.1. The van der Waals surface area contributed by atoms with E-state index < -0.39 is 0 Å². The third-order valence-corrected chi connectivity index (χ3v) is 6.27. The zero-order valence-corrected chi connectivity index (χ0v) is 17.9. The lowest BCUT2D eigenvalue weighted by atomic mass is 10.0. The van der Waals surface area contributed by atoms with Crippen molar-refractivity contribution in [3.05, 3.63) is 53.2 Å². The van der Waals surface area contributed by atoms with Crippen molar-refractivity contribution in [1.82, 2.24) is 15.2 Å². The van der Waals surface area contributed by atoms with Gasteiger partial charge in [0.25, 0.3) is 5.91 Å². The van der Waals surface area contributed by atoms with Crippen LogP contribution in [0.2, 0.25) is 0 Å². The Kier molecular flexibility index (Phi) is 6.75. The van der Waals surface area contributed by atoms with Crippen LogP contribution in [0.1, 0.15) is 35.3 Å². The van der Waals surface area contributed by atoms with Crippen molar-refractivity contribution in [2.45, 2.75) is 43.2 Å². The van der Waals surface area contributed by atoms with Gasteiger partial charge in [-0.15, -0.1) is 0 Å². The molecule has 2 heterocycles. The molecule has 150 valence electrons. The summed E-state index contributed by atoms with van der Waals surface area (Å²) in [4.78, 5) is 20.8. The minimum absolute atomic E-state index is 0.0826. The Labute approximate surface area is 171 Å². The molecule has 3 rings (SSSR count). The molecule has 1 aliphatic heterocycles. The second-order valence-corrected chi connectivity index (χ2v) is 8.86. The number of carbonyl (C=O) groups is 1. The molecule has 1 saturated heterocycles. The van der Waals surface area contributed by atoms with Gasteiger partial charge in [-0.25, -0.2) is 4.98 Å². The van der Waals surface area contributed by atoms with Gasteiger partial charge in [-0.05, 0) is 63.1 Å². The molecular formula is C22H29N3O2S. The van der Waals surface area contributed by atoms with Crippen LogP contribution in [0.3, 0.4) is 0 Å². The highest BCUT2D eigenvalue weighted by Gasteiger charge is 2.29. The number of rotatable bonds is 6. The summed E-state index contributed by atoms with van der Waals surface area (Å²) >= 11 is 1.53. The van der Waals surface area contributed by atoms with Gasteiger partial charge in [0.15, 0.2) is 0 Å². The van der Waals surface area contributed by atoms with Crippen molar-refractivity contribution in [2.24, 2.45) is 0 Å². The quantitative estimate of drug-likeness (QED) is 0.803. The highest BCUT2D eigenvalue weighted by atomic mass is 32.2. The molecule has 0 aliphatic carbocycles. The predicted molar refractivity (Wildman–Crippen MR) is 113 cm³/mol. The Balaban J connectivity index is 1.69. The number of hydrogen-bond acceptors (Lipinski definition) is 5. The van der Waals surface area contributed by atoms with Gasteiger partial charge in [0.05, 0.1) is 18.8 Å². The van der Waals surface area contributed by atoms with Crippen LogP contribution in [0.5, 0.6) is 0 Å². The highest BCUT2D eigenvalue weighted by molar-refractivity contribution is 7.99. The first-order valence-corrected chi connectivity index (χ1v) is 10.5. The molecule has 5 nitrogen and oxygen atoms in total. The van der Waals surface area contributed by atoms with Crippen LogP contribution in [-0.4, -0.2) is 54.2 Å². The van der Waals surface area contributed by atoms with Crippen LogP contribution >= 0.6 is 11.8 Å². The van der Waals surface area contributed by atoms with E-state index >= 15 is 0 Å². The molecule has 6 heteroatoms. The maximum atomic E-state index is 12.9. The maximum absolute atomic E-state index is 12.9. The Morgan fingerprint density at radius 2 is 1.96 bits per heavy atom. The third-order valence-electron chi connectivity index (χ3n) is 5.26. The molecule has 0 atom stereocenters. The summed E-state index contributed by atoms with van der Waals surface area (Å²) in [6, 6.07) is 9.97. The molecule has 0 saturated carbocycles. The fourth-order valence-corrected chi connectivity index (χ4v) is 4.19. The van der Waals surface area contributed by atoms with Gasteiger partial charge in [-0.2, -0.15) is 0 Å². The Morgan fingerprint density at radius 1 is 1.21 bits per heavy atom. The molecule has 1 aromatic carbocycles. The van der Waals surface area contributed by atoms with Gasteiger partial charge in [-0.3, -0.25) is 9.69 Å². The summed E-state index contributed by atoms with van der Waals surface area (Å²) in [5, 5.41) is 3.84. The van der Waals surface area contributed by atoms with E-state index in [0.29, 0.717) is 12.1 Å². The van der Waals surface area contributed by atoms with E-state index in [9.17, 15) is 4.79 Å². The largest absolute Gasteiger partial charge is 0.379 e. The molecule has 1 fully saturated rings. The van der Waals surface area contributed by atoms with Crippen LogP contribution < -0.4 is 5.32 Å². The highest BCUT2D eigenvalue weighted by Crippen LogP contribution is 2.30. The summed E-state index contributed by atoms with van der Waals surface area (Å²) in [5.74, 6) is -0.0826. The van der Waals surface area contributed by atoms with E-state index in [1.54, 1.807) is 6.20 Å². The van der Waals surface area contributed by atoms with Crippen LogP contribution in [0.4, 0.5) is 0 Å². The molecule has 28 heavy (non-hydrogen) atoms. The minimum Gasteiger partial charge on any atom is -0.379 e. The molecule has 0 bridgehead atoms. The standard InChI is InChI=1S/C22H29N3O2S/c1-16-7-8-18(14-17(16)2)28-21-19(6-5-9-23-21)20(26)24-15-22(3,4)25-10-12-27-13-11-25/h5-9,14H,10-13,15H2,1-4H3,(H,24,26). The van der Waals surface area contributed by atoms with E-state index in [1.165, 1.54) is 22.9 Å². The minimum atomic E-state index is -0.122. The lowest BCUT2D eigenvalue weighted by molar-refractivity contribution is -0.00924. The monoisotopic (exact) mass is 399 g/mol. The molecule has 1 aromatic heterocycles. The molecule has 2 aromatic rings. The zero-order valence-electron chi connectivity index (χ0n) is 17.1. The van der Waals surface area contributed by atoms with Crippen molar-refractivity contribution < 1.29 is 9.53 Å². The van der Waals surface area contributed by atoms with E-state index in [-0.39, 0.29) is 11.4 Å². The summed E-state index contributed by atoms with van der Waals surface area (Å²) in [7, 11) is 0. The van der Waals surface area contributed by atoms with Gasteiger partial charge in [-0.1, -0.05) is 17.8 Å². The Hall–Kier alpha value is -1.89. The number of nitrogens with zero attached hydrogens (tertiary/aromatic N) is 2. The van der Waals surface area contributed by atoms with Crippen LogP contribution in [-0.2, 0) is 4.74 Å². The van der Waals surface area contributed by atoms with Crippen LogP contribution in [0, 0.1) is 13.8 Å². The fraction of sp³-hybridized carbons (Fsp3) is 0.455. The van der Waals surface area contributed by atoms with Crippen LogP contribution in [0.15, 0.2) is 46.5 Å². The van der Waals surface area contributed by atoms with Gasteiger partial charge < -0.3 is 10.1 Å². The third kappa shape index (κ3) is 5.13. The number of benzene rings is 1. The summed E-state index contributed by atoms with van der Waals surface area (Å²) < 4.78 is 5.44. The molecular weight excluding hydrogens is 370 g/mol. The first kappa shape index (κ1) is 20.8. The van der Waals surface area contributed by atoms with Gasteiger partial charge in [0.1, 0.15) is 5.03 Å². The first-order chi connectivity index (χ1) is 13.4. The fourth-order valence-electron chi connectivity index (χ4n) is 3.21.